The van der Waals surface area contributed by atoms with Crippen molar-refractivity contribution in [1.29, 1.82) is 0 Å². The van der Waals surface area contributed by atoms with E-state index in [4.69, 9.17) is 4.84 Å². The Hall–Kier alpha value is -3.46. The van der Waals surface area contributed by atoms with Gasteiger partial charge in [-0.1, -0.05) is 104 Å². The molecule has 1 unspecified atom stereocenters. The Labute approximate surface area is 184 Å². The van der Waals surface area contributed by atoms with E-state index in [1.165, 1.54) is 22.3 Å². The number of fused-ring (bicyclic) bond motifs is 1. The maximum absolute atomic E-state index is 12.5. The van der Waals surface area contributed by atoms with E-state index in [0.29, 0.717) is 5.56 Å². The number of oxime groups is 1. The van der Waals surface area contributed by atoms with E-state index < -0.39 is 5.97 Å². The van der Waals surface area contributed by atoms with Gasteiger partial charge in [0.25, 0.3) is 0 Å². The van der Waals surface area contributed by atoms with Crippen molar-refractivity contribution in [2.24, 2.45) is 11.1 Å². The van der Waals surface area contributed by atoms with Gasteiger partial charge < -0.3 is 4.84 Å². The van der Waals surface area contributed by atoms with Crippen LogP contribution in [-0.2, 0) is 10.3 Å². The average molecular weight is 410 g/mol. The number of carbonyl (C=O) groups excluding carboxylic acids is 1. The standard InChI is InChI=1S/C28H27NO2/c1-19-15-16-25-23(17-19)24(18-28(25,3)4)20(2)26(21-11-7-5-8-12-21)29-31-27(30)22-13-9-6-10-14-22/h5-18,20H,1-4H3/b29-26-. The van der Waals surface area contributed by atoms with Crippen LogP contribution in [0.4, 0.5) is 0 Å². The van der Waals surface area contributed by atoms with Gasteiger partial charge in [-0.2, -0.15) is 0 Å². The summed E-state index contributed by atoms with van der Waals surface area (Å²) in [6.07, 6.45) is 2.32. The molecule has 1 atom stereocenters. The van der Waals surface area contributed by atoms with Gasteiger partial charge in [0.2, 0.25) is 0 Å². The molecule has 0 fully saturated rings. The van der Waals surface area contributed by atoms with Crippen molar-refractivity contribution in [3.63, 3.8) is 0 Å². The largest absolute Gasteiger partial charge is 0.365 e. The van der Waals surface area contributed by atoms with Crippen molar-refractivity contribution in [3.05, 3.63) is 113 Å². The van der Waals surface area contributed by atoms with E-state index in [0.717, 1.165) is 11.3 Å². The third-order valence-electron chi connectivity index (χ3n) is 5.88. The van der Waals surface area contributed by atoms with Crippen LogP contribution < -0.4 is 0 Å². The zero-order valence-corrected chi connectivity index (χ0v) is 18.4. The van der Waals surface area contributed by atoms with Gasteiger partial charge in [-0.15, -0.1) is 0 Å². The third kappa shape index (κ3) is 4.22. The molecule has 0 saturated heterocycles. The topological polar surface area (TPSA) is 38.7 Å². The molecule has 156 valence electrons. The van der Waals surface area contributed by atoms with Crippen molar-refractivity contribution in [2.75, 3.05) is 0 Å². The monoisotopic (exact) mass is 409 g/mol. The minimum absolute atomic E-state index is 0.0479. The number of nitrogens with zero attached hydrogens (tertiary/aromatic N) is 1. The van der Waals surface area contributed by atoms with Crippen LogP contribution in [0.3, 0.4) is 0 Å². The second-order valence-corrected chi connectivity index (χ2v) is 8.68. The number of carbonyl (C=O) groups is 1. The molecule has 0 bridgehead atoms. The summed E-state index contributed by atoms with van der Waals surface area (Å²) < 4.78 is 0. The molecule has 0 aromatic heterocycles. The van der Waals surface area contributed by atoms with E-state index in [9.17, 15) is 4.79 Å². The number of rotatable bonds is 5. The van der Waals surface area contributed by atoms with Crippen LogP contribution in [-0.4, -0.2) is 11.7 Å². The lowest BCUT2D eigenvalue weighted by molar-refractivity contribution is 0.0515. The first-order valence-electron chi connectivity index (χ1n) is 10.6. The predicted molar refractivity (Wildman–Crippen MR) is 126 cm³/mol. The minimum atomic E-state index is -0.460. The quantitative estimate of drug-likeness (QED) is 0.272. The molecule has 0 aliphatic heterocycles. The first-order valence-corrected chi connectivity index (χ1v) is 10.6. The van der Waals surface area contributed by atoms with Crippen LogP contribution in [0, 0.1) is 12.8 Å². The number of hydrogen-bond donors (Lipinski definition) is 0. The van der Waals surface area contributed by atoms with Gasteiger partial charge in [-0.3, -0.25) is 0 Å². The summed E-state index contributed by atoms with van der Waals surface area (Å²) in [6, 6.07) is 25.5. The lowest BCUT2D eigenvalue weighted by Crippen LogP contribution is -2.16. The summed E-state index contributed by atoms with van der Waals surface area (Å²) in [5, 5.41) is 4.38. The molecule has 0 saturated carbocycles. The number of benzene rings is 3. The van der Waals surface area contributed by atoms with Crippen LogP contribution in [0.25, 0.3) is 5.57 Å². The van der Waals surface area contributed by atoms with Gasteiger partial charge in [0.15, 0.2) is 0 Å². The van der Waals surface area contributed by atoms with Crippen LogP contribution in [0.2, 0.25) is 0 Å². The number of aryl methyl sites for hydroxylation is 1. The lowest BCUT2D eigenvalue weighted by Gasteiger charge is -2.18. The van der Waals surface area contributed by atoms with Gasteiger partial charge >= 0.3 is 5.97 Å². The van der Waals surface area contributed by atoms with Crippen molar-refractivity contribution in [2.45, 2.75) is 33.1 Å². The number of allylic oxidation sites excluding steroid dienone is 2. The van der Waals surface area contributed by atoms with Gasteiger partial charge in [0, 0.05) is 11.3 Å². The van der Waals surface area contributed by atoms with Gasteiger partial charge in [-0.05, 0) is 41.3 Å². The fraction of sp³-hybridized carbons (Fsp3) is 0.214. The van der Waals surface area contributed by atoms with Crippen LogP contribution in [0.1, 0.15) is 53.4 Å². The van der Waals surface area contributed by atoms with Crippen LogP contribution >= 0.6 is 0 Å². The Balaban J connectivity index is 1.73. The molecule has 0 spiro atoms. The fourth-order valence-electron chi connectivity index (χ4n) is 4.22. The zero-order valence-electron chi connectivity index (χ0n) is 18.4. The Morgan fingerprint density at radius 1 is 0.903 bits per heavy atom. The predicted octanol–water partition coefficient (Wildman–Crippen LogP) is 6.57. The molecule has 3 heteroatoms. The minimum Gasteiger partial charge on any atom is -0.313 e. The summed E-state index contributed by atoms with van der Waals surface area (Å²) in [5.74, 6) is -0.508. The molecule has 3 aromatic carbocycles. The van der Waals surface area contributed by atoms with E-state index in [-0.39, 0.29) is 11.3 Å². The van der Waals surface area contributed by atoms with Crippen molar-refractivity contribution in [1.82, 2.24) is 0 Å². The highest BCUT2D eigenvalue weighted by atomic mass is 16.7. The van der Waals surface area contributed by atoms with E-state index in [1.807, 2.05) is 48.5 Å². The molecule has 3 aromatic rings. The van der Waals surface area contributed by atoms with Gasteiger partial charge in [-0.25, -0.2) is 4.79 Å². The molecular weight excluding hydrogens is 382 g/mol. The van der Waals surface area contributed by atoms with E-state index in [1.54, 1.807) is 12.1 Å². The summed E-state index contributed by atoms with van der Waals surface area (Å²) in [6.45, 7) is 8.70. The Morgan fingerprint density at radius 2 is 1.52 bits per heavy atom. The van der Waals surface area contributed by atoms with Gasteiger partial charge in [0.05, 0.1) is 11.3 Å². The summed E-state index contributed by atoms with van der Waals surface area (Å²) in [5.41, 5.74) is 7.09. The second-order valence-electron chi connectivity index (χ2n) is 8.68. The van der Waals surface area contributed by atoms with Crippen molar-refractivity contribution in [3.8, 4) is 0 Å². The first kappa shape index (κ1) is 20.8. The molecule has 0 N–H and O–H groups in total. The molecule has 1 aliphatic carbocycles. The molecule has 0 heterocycles. The zero-order chi connectivity index (χ0) is 22.0. The first-order chi connectivity index (χ1) is 14.9. The van der Waals surface area contributed by atoms with Crippen LogP contribution in [0.15, 0.2) is 90.1 Å². The molecule has 4 rings (SSSR count). The van der Waals surface area contributed by atoms with Crippen molar-refractivity contribution < 1.29 is 9.63 Å². The number of hydrogen-bond acceptors (Lipinski definition) is 3. The average Bonchev–Trinajstić information content (AvgIpc) is 3.05. The van der Waals surface area contributed by atoms with Crippen LogP contribution in [0.5, 0.6) is 0 Å². The van der Waals surface area contributed by atoms with E-state index >= 15 is 0 Å². The molecular formula is C28H27NO2. The third-order valence-corrected chi connectivity index (χ3v) is 5.88. The molecule has 1 aliphatic rings. The normalized spacial score (nSPS) is 15.7. The fourth-order valence-corrected chi connectivity index (χ4v) is 4.22. The van der Waals surface area contributed by atoms with E-state index in [2.05, 4.69) is 57.1 Å². The highest BCUT2D eigenvalue weighted by Gasteiger charge is 2.33. The molecule has 0 amide bonds. The lowest BCUT2D eigenvalue weighted by atomic mass is 9.86. The summed E-state index contributed by atoms with van der Waals surface area (Å²) >= 11 is 0. The molecule has 0 radical (unpaired) electrons. The smallest absolute Gasteiger partial charge is 0.313 e. The SMILES string of the molecule is Cc1ccc2c(c1)C(C(C)/C(=N/OC(=O)c1ccccc1)c1ccccc1)=CC2(C)C. The molecule has 3 nitrogen and oxygen atoms in total. The summed E-state index contributed by atoms with van der Waals surface area (Å²) in [7, 11) is 0. The summed E-state index contributed by atoms with van der Waals surface area (Å²) in [4.78, 5) is 17.9. The van der Waals surface area contributed by atoms with Crippen molar-refractivity contribution >= 4 is 17.3 Å². The highest BCUT2D eigenvalue weighted by Crippen LogP contribution is 2.44. The maximum atomic E-state index is 12.5. The molecule has 31 heavy (non-hydrogen) atoms. The Bertz CT molecular complexity index is 1160. The highest BCUT2D eigenvalue weighted by molar-refractivity contribution is 6.09. The Kier molecular flexibility index (Phi) is 5.60. The maximum Gasteiger partial charge on any atom is 0.365 e. The Morgan fingerprint density at radius 3 is 2.16 bits per heavy atom. The second kappa shape index (κ2) is 8.35. The van der Waals surface area contributed by atoms with Gasteiger partial charge in [0.1, 0.15) is 0 Å².